The van der Waals surface area contributed by atoms with Crippen LogP contribution in [0.2, 0.25) is 0 Å². The fraction of sp³-hybridized carbons (Fsp3) is 0.571. The number of hydrogen-bond donors (Lipinski definition) is 1. The first-order chi connectivity index (χ1) is 8.38. The molecule has 0 aliphatic carbocycles. The first-order valence-electron chi connectivity index (χ1n) is 6.37. The van der Waals surface area contributed by atoms with Gasteiger partial charge in [0.2, 0.25) is 0 Å². The van der Waals surface area contributed by atoms with E-state index in [2.05, 4.69) is 17.0 Å². The zero-order valence-electron chi connectivity index (χ0n) is 10.2. The standard InChI is InChI=1S/C14H21NO2/c16-11-10-15-8-6-14(7-9-15)17-12-13-4-2-1-3-5-13/h1-5,14,16H,6-12H2. The lowest BCUT2D eigenvalue weighted by atomic mass is 10.1. The number of ether oxygens (including phenoxy) is 1. The molecule has 0 radical (unpaired) electrons. The van der Waals surface area contributed by atoms with Gasteiger partial charge in [0.15, 0.2) is 0 Å². The first-order valence-corrected chi connectivity index (χ1v) is 6.37. The average Bonchev–Trinajstić information content (AvgIpc) is 2.40. The fourth-order valence-corrected chi connectivity index (χ4v) is 2.23. The SMILES string of the molecule is OCCN1CCC(OCc2ccccc2)CC1. The summed E-state index contributed by atoms with van der Waals surface area (Å²) >= 11 is 0. The second-order valence-corrected chi connectivity index (χ2v) is 4.56. The molecule has 0 spiro atoms. The smallest absolute Gasteiger partial charge is 0.0720 e. The van der Waals surface area contributed by atoms with E-state index in [1.54, 1.807) is 0 Å². The lowest BCUT2D eigenvalue weighted by Gasteiger charge is -2.31. The van der Waals surface area contributed by atoms with E-state index >= 15 is 0 Å². The largest absolute Gasteiger partial charge is 0.395 e. The summed E-state index contributed by atoms with van der Waals surface area (Å²) < 4.78 is 5.91. The Bertz CT molecular complexity index is 307. The van der Waals surface area contributed by atoms with Gasteiger partial charge >= 0.3 is 0 Å². The predicted molar refractivity (Wildman–Crippen MR) is 67.8 cm³/mol. The summed E-state index contributed by atoms with van der Waals surface area (Å²) in [7, 11) is 0. The average molecular weight is 235 g/mol. The molecule has 17 heavy (non-hydrogen) atoms. The number of hydrogen-bond acceptors (Lipinski definition) is 3. The second-order valence-electron chi connectivity index (χ2n) is 4.56. The first kappa shape index (κ1) is 12.6. The second kappa shape index (κ2) is 6.74. The topological polar surface area (TPSA) is 32.7 Å². The van der Waals surface area contributed by atoms with Gasteiger partial charge < -0.3 is 14.7 Å². The molecule has 1 aromatic rings. The minimum Gasteiger partial charge on any atom is -0.395 e. The van der Waals surface area contributed by atoms with Crippen LogP contribution in [0.15, 0.2) is 30.3 Å². The molecule has 0 unspecified atom stereocenters. The summed E-state index contributed by atoms with van der Waals surface area (Å²) in [5.74, 6) is 0. The van der Waals surface area contributed by atoms with Crippen molar-refractivity contribution in [3.63, 3.8) is 0 Å². The highest BCUT2D eigenvalue weighted by Gasteiger charge is 2.18. The summed E-state index contributed by atoms with van der Waals surface area (Å²) in [6.07, 6.45) is 2.53. The number of rotatable bonds is 5. The molecule has 1 fully saturated rings. The van der Waals surface area contributed by atoms with Crippen LogP contribution in [0.4, 0.5) is 0 Å². The summed E-state index contributed by atoms with van der Waals surface area (Å²) in [4.78, 5) is 2.29. The molecule has 1 aliphatic rings. The predicted octanol–water partition coefficient (Wildman–Crippen LogP) is 1.66. The van der Waals surface area contributed by atoms with Gasteiger partial charge in [0, 0.05) is 19.6 Å². The molecular formula is C14H21NO2. The van der Waals surface area contributed by atoms with Crippen LogP contribution in [0.5, 0.6) is 0 Å². The summed E-state index contributed by atoms with van der Waals surface area (Å²) in [6.45, 7) is 3.85. The van der Waals surface area contributed by atoms with Crippen LogP contribution < -0.4 is 0 Å². The highest BCUT2D eigenvalue weighted by Crippen LogP contribution is 2.15. The van der Waals surface area contributed by atoms with Gasteiger partial charge in [0.25, 0.3) is 0 Å². The molecule has 0 amide bonds. The van der Waals surface area contributed by atoms with Crippen molar-refractivity contribution in [3.05, 3.63) is 35.9 Å². The Hall–Kier alpha value is -0.900. The fourth-order valence-electron chi connectivity index (χ4n) is 2.23. The summed E-state index contributed by atoms with van der Waals surface area (Å²) in [5.41, 5.74) is 1.24. The molecule has 3 nitrogen and oxygen atoms in total. The van der Waals surface area contributed by atoms with Crippen molar-refractivity contribution < 1.29 is 9.84 Å². The van der Waals surface area contributed by atoms with Crippen LogP contribution in [0.1, 0.15) is 18.4 Å². The number of β-amino-alcohol motifs (C(OH)–C–C–N with tert-alkyl or cyclic N) is 1. The maximum atomic E-state index is 8.86. The maximum Gasteiger partial charge on any atom is 0.0720 e. The van der Waals surface area contributed by atoms with E-state index in [4.69, 9.17) is 9.84 Å². The van der Waals surface area contributed by atoms with Crippen LogP contribution in [0.3, 0.4) is 0 Å². The van der Waals surface area contributed by atoms with E-state index in [-0.39, 0.29) is 6.61 Å². The number of aliphatic hydroxyl groups is 1. The highest BCUT2D eigenvalue weighted by atomic mass is 16.5. The molecule has 1 N–H and O–H groups in total. The number of piperidine rings is 1. The molecule has 2 rings (SSSR count). The number of aliphatic hydroxyl groups excluding tert-OH is 1. The quantitative estimate of drug-likeness (QED) is 0.842. The number of benzene rings is 1. The third-order valence-electron chi connectivity index (χ3n) is 3.28. The molecule has 1 heterocycles. The molecular weight excluding hydrogens is 214 g/mol. The summed E-state index contributed by atoms with van der Waals surface area (Å²) in [5, 5.41) is 8.86. The minimum absolute atomic E-state index is 0.259. The van der Waals surface area contributed by atoms with Gasteiger partial charge in [-0.1, -0.05) is 30.3 Å². The molecule has 1 aromatic carbocycles. The zero-order chi connectivity index (χ0) is 11.9. The van der Waals surface area contributed by atoms with Crippen molar-refractivity contribution in [2.24, 2.45) is 0 Å². The molecule has 0 saturated carbocycles. The van der Waals surface area contributed by atoms with Crippen LogP contribution in [0.25, 0.3) is 0 Å². The van der Waals surface area contributed by atoms with Crippen LogP contribution in [0, 0.1) is 0 Å². The van der Waals surface area contributed by atoms with Crippen molar-refractivity contribution in [1.82, 2.24) is 4.90 Å². The van der Waals surface area contributed by atoms with Gasteiger partial charge in [-0.05, 0) is 18.4 Å². The van der Waals surface area contributed by atoms with Crippen molar-refractivity contribution in [2.45, 2.75) is 25.6 Å². The van der Waals surface area contributed by atoms with Crippen LogP contribution in [-0.4, -0.2) is 42.4 Å². The van der Waals surface area contributed by atoms with E-state index in [0.29, 0.717) is 12.7 Å². The normalized spacial score (nSPS) is 18.4. The number of nitrogens with zero attached hydrogens (tertiary/aromatic N) is 1. The van der Waals surface area contributed by atoms with Crippen molar-refractivity contribution >= 4 is 0 Å². The Morgan fingerprint density at radius 3 is 2.53 bits per heavy atom. The van der Waals surface area contributed by atoms with Gasteiger partial charge in [0.05, 0.1) is 19.3 Å². The Kier molecular flexibility index (Phi) is 4.98. The van der Waals surface area contributed by atoms with Gasteiger partial charge in [-0.2, -0.15) is 0 Å². The van der Waals surface area contributed by atoms with Gasteiger partial charge in [-0.3, -0.25) is 0 Å². The monoisotopic (exact) mass is 235 g/mol. The molecule has 0 bridgehead atoms. The molecule has 94 valence electrons. The lowest BCUT2D eigenvalue weighted by molar-refractivity contribution is -0.00482. The van der Waals surface area contributed by atoms with Crippen LogP contribution >= 0.6 is 0 Å². The Morgan fingerprint density at radius 2 is 1.88 bits per heavy atom. The molecule has 0 atom stereocenters. The third kappa shape index (κ3) is 4.11. The van der Waals surface area contributed by atoms with Gasteiger partial charge in [-0.15, -0.1) is 0 Å². The third-order valence-corrected chi connectivity index (χ3v) is 3.28. The van der Waals surface area contributed by atoms with E-state index in [1.165, 1.54) is 5.56 Å². The summed E-state index contributed by atoms with van der Waals surface area (Å²) in [6, 6.07) is 10.3. The van der Waals surface area contributed by atoms with Crippen molar-refractivity contribution in [1.29, 1.82) is 0 Å². The zero-order valence-corrected chi connectivity index (χ0v) is 10.2. The Balaban J connectivity index is 1.68. The van der Waals surface area contributed by atoms with E-state index < -0.39 is 0 Å². The minimum atomic E-state index is 0.259. The highest BCUT2D eigenvalue weighted by molar-refractivity contribution is 5.13. The molecule has 1 aliphatic heterocycles. The molecule has 1 saturated heterocycles. The van der Waals surface area contributed by atoms with E-state index in [1.807, 2.05) is 18.2 Å². The lowest BCUT2D eigenvalue weighted by Crippen LogP contribution is -2.38. The number of likely N-dealkylation sites (tertiary alicyclic amines) is 1. The maximum absolute atomic E-state index is 8.86. The van der Waals surface area contributed by atoms with Gasteiger partial charge in [0.1, 0.15) is 0 Å². The van der Waals surface area contributed by atoms with E-state index in [9.17, 15) is 0 Å². The molecule has 3 heteroatoms. The van der Waals surface area contributed by atoms with E-state index in [0.717, 1.165) is 32.5 Å². The molecule has 0 aromatic heterocycles. The van der Waals surface area contributed by atoms with Gasteiger partial charge in [-0.25, -0.2) is 0 Å². The van der Waals surface area contributed by atoms with Crippen molar-refractivity contribution in [3.8, 4) is 0 Å². The van der Waals surface area contributed by atoms with Crippen LogP contribution in [-0.2, 0) is 11.3 Å². The Morgan fingerprint density at radius 1 is 1.18 bits per heavy atom. The van der Waals surface area contributed by atoms with Crippen molar-refractivity contribution in [2.75, 3.05) is 26.2 Å². The Labute approximate surface area is 103 Å².